The van der Waals surface area contributed by atoms with Crippen LogP contribution in [0.5, 0.6) is 23.0 Å². The minimum atomic E-state index is 0.185. The van der Waals surface area contributed by atoms with Gasteiger partial charge in [0.1, 0.15) is 0 Å². The fraction of sp³-hybridized carbons (Fsp3) is 0.400. The van der Waals surface area contributed by atoms with E-state index in [-0.39, 0.29) is 6.04 Å². The van der Waals surface area contributed by atoms with Crippen LogP contribution in [0.15, 0.2) is 30.3 Å². The molecule has 0 bridgehead atoms. The highest BCUT2D eigenvalue weighted by Crippen LogP contribution is 2.38. The maximum atomic E-state index is 5.58. The Kier molecular flexibility index (Phi) is 5.34. The molecule has 1 aliphatic heterocycles. The standard InChI is InChI=1S/C20H25NO4/c1-22-17-7-5-6-14(20(17)25-4)10-16-15-12-19(24-3)18(23-2)11-13(15)8-9-21-16/h5-7,11-12,16,21H,8-10H2,1-4H3/t16-/m0/s1. The Bertz CT molecular complexity index is 745. The van der Waals surface area contributed by atoms with Gasteiger partial charge in [0.2, 0.25) is 0 Å². The Morgan fingerprint density at radius 3 is 2.32 bits per heavy atom. The van der Waals surface area contributed by atoms with Gasteiger partial charge in [-0.3, -0.25) is 0 Å². The highest BCUT2D eigenvalue weighted by atomic mass is 16.5. The molecule has 0 saturated heterocycles. The van der Waals surface area contributed by atoms with Crippen LogP contribution in [-0.2, 0) is 12.8 Å². The van der Waals surface area contributed by atoms with Crippen molar-refractivity contribution in [3.63, 3.8) is 0 Å². The van der Waals surface area contributed by atoms with Crippen LogP contribution < -0.4 is 24.3 Å². The minimum Gasteiger partial charge on any atom is -0.493 e. The Morgan fingerprint density at radius 1 is 0.920 bits per heavy atom. The van der Waals surface area contributed by atoms with E-state index in [0.717, 1.165) is 47.9 Å². The summed E-state index contributed by atoms with van der Waals surface area (Å²) in [6.07, 6.45) is 1.78. The smallest absolute Gasteiger partial charge is 0.163 e. The zero-order valence-electron chi connectivity index (χ0n) is 15.2. The van der Waals surface area contributed by atoms with Gasteiger partial charge in [-0.15, -0.1) is 0 Å². The van der Waals surface area contributed by atoms with Crippen LogP contribution in [0.1, 0.15) is 22.7 Å². The number of ether oxygens (including phenoxy) is 4. The molecule has 0 fully saturated rings. The molecule has 25 heavy (non-hydrogen) atoms. The van der Waals surface area contributed by atoms with Gasteiger partial charge >= 0.3 is 0 Å². The van der Waals surface area contributed by atoms with Gasteiger partial charge in [-0.2, -0.15) is 0 Å². The molecular formula is C20H25NO4. The monoisotopic (exact) mass is 343 g/mol. The summed E-state index contributed by atoms with van der Waals surface area (Å²) in [5, 5.41) is 3.61. The van der Waals surface area contributed by atoms with Crippen LogP contribution in [0.3, 0.4) is 0 Å². The first-order valence-corrected chi connectivity index (χ1v) is 8.39. The lowest BCUT2D eigenvalue weighted by molar-refractivity contribution is 0.347. The van der Waals surface area contributed by atoms with Crippen LogP contribution in [0, 0.1) is 0 Å². The van der Waals surface area contributed by atoms with Gasteiger partial charge in [0, 0.05) is 6.04 Å². The van der Waals surface area contributed by atoms with Crippen molar-refractivity contribution in [2.75, 3.05) is 35.0 Å². The lowest BCUT2D eigenvalue weighted by Crippen LogP contribution is -2.31. The predicted molar refractivity (Wildman–Crippen MR) is 97.2 cm³/mol. The summed E-state index contributed by atoms with van der Waals surface area (Å²) in [5.41, 5.74) is 3.65. The number of hydrogen-bond acceptors (Lipinski definition) is 5. The molecule has 1 aliphatic rings. The van der Waals surface area contributed by atoms with Crippen molar-refractivity contribution in [3.05, 3.63) is 47.0 Å². The van der Waals surface area contributed by atoms with E-state index in [1.807, 2.05) is 12.1 Å². The van der Waals surface area contributed by atoms with Gasteiger partial charge in [0.15, 0.2) is 23.0 Å². The third-order valence-corrected chi connectivity index (χ3v) is 4.71. The number of benzene rings is 2. The number of nitrogens with one attached hydrogen (secondary N) is 1. The molecule has 0 aliphatic carbocycles. The van der Waals surface area contributed by atoms with Gasteiger partial charge < -0.3 is 24.3 Å². The van der Waals surface area contributed by atoms with Gasteiger partial charge in [0.25, 0.3) is 0 Å². The number of hydrogen-bond donors (Lipinski definition) is 1. The molecule has 1 heterocycles. The zero-order valence-corrected chi connectivity index (χ0v) is 15.2. The first kappa shape index (κ1) is 17.4. The molecule has 0 radical (unpaired) electrons. The molecule has 2 aromatic rings. The largest absolute Gasteiger partial charge is 0.493 e. The molecule has 0 saturated carbocycles. The topological polar surface area (TPSA) is 49.0 Å². The summed E-state index contributed by atoms with van der Waals surface area (Å²) >= 11 is 0. The molecule has 5 heteroatoms. The average molecular weight is 343 g/mol. The van der Waals surface area contributed by atoms with Crippen LogP contribution in [0.25, 0.3) is 0 Å². The molecule has 0 unspecified atom stereocenters. The third kappa shape index (κ3) is 3.37. The second-order valence-electron chi connectivity index (χ2n) is 6.02. The van der Waals surface area contributed by atoms with Crippen molar-refractivity contribution in [3.8, 4) is 23.0 Å². The fourth-order valence-electron chi connectivity index (χ4n) is 3.49. The fourth-order valence-corrected chi connectivity index (χ4v) is 3.49. The second-order valence-corrected chi connectivity index (χ2v) is 6.02. The van der Waals surface area contributed by atoms with E-state index in [9.17, 15) is 0 Å². The van der Waals surface area contributed by atoms with Gasteiger partial charge in [-0.05, 0) is 54.3 Å². The van der Waals surface area contributed by atoms with E-state index >= 15 is 0 Å². The van der Waals surface area contributed by atoms with Crippen molar-refractivity contribution in [2.45, 2.75) is 18.9 Å². The molecule has 1 N–H and O–H groups in total. The summed E-state index contributed by atoms with van der Waals surface area (Å²) in [7, 11) is 6.68. The van der Waals surface area contributed by atoms with Crippen molar-refractivity contribution in [2.24, 2.45) is 0 Å². The van der Waals surface area contributed by atoms with E-state index in [0.29, 0.717) is 0 Å². The van der Waals surface area contributed by atoms with Gasteiger partial charge in [-0.1, -0.05) is 12.1 Å². The number of methoxy groups -OCH3 is 4. The molecule has 134 valence electrons. The highest BCUT2D eigenvalue weighted by Gasteiger charge is 2.24. The van der Waals surface area contributed by atoms with E-state index in [1.165, 1.54) is 11.1 Å². The second kappa shape index (κ2) is 7.66. The van der Waals surface area contributed by atoms with Crippen molar-refractivity contribution in [1.29, 1.82) is 0 Å². The van der Waals surface area contributed by atoms with Crippen molar-refractivity contribution >= 4 is 0 Å². The van der Waals surface area contributed by atoms with Gasteiger partial charge in [-0.25, -0.2) is 0 Å². The van der Waals surface area contributed by atoms with E-state index in [4.69, 9.17) is 18.9 Å². The van der Waals surface area contributed by atoms with Crippen LogP contribution in [0.4, 0.5) is 0 Å². The van der Waals surface area contributed by atoms with Gasteiger partial charge in [0.05, 0.1) is 28.4 Å². The predicted octanol–water partition coefficient (Wildman–Crippen LogP) is 3.15. The normalized spacial score (nSPS) is 16.1. The number of fused-ring (bicyclic) bond motifs is 1. The molecule has 0 spiro atoms. The van der Waals surface area contributed by atoms with Crippen molar-refractivity contribution < 1.29 is 18.9 Å². The summed E-state index contributed by atoms with van der Waals surface area (Å²) in [6.45, 7) is 0.930. The molecular weight excluding hydrogens is 318 g/mol. The van der Waals surface area contributed by atoms with Crippen LogP contribution in [0.2, 0.25) is 0 Å². The first-order valence-electron chi connectivity index (χ1n) is 8.39. The lowest BCUT2D eigenvalue weighted by atomic mass is 9.89. The number of para-hydroxylation sites is 1. The Balaban J connectivity index is 1.97. The quantitative estimate of drug-likeness (QED) is 0.873. The number of rotatable bonds is 6. The minimum absolute atomic E-state index is 0.185. The lowest BCUT2D eigenvalue weighted by Gasteiger charge is -2.29. The van der Waals surface area contributed by atoms with E-state index < -0.39 is 0 Å². The van der Waals surface area contributed by atoms with Crippen LogP contribution in [-0.4, -0.2) is 35.0 Å². The summed E-state index contributed by atoms with van der Waals surface area (Å²) in [5.74, 6) is 3.08. The zero-order chi connectivity index (χ0) is 17.8. The average Bonchev–Trinajstić information content (AvgIpc) is 2.66. The molecule has 0 aromatic heterocycles. The Morgan fingerprint density at radius 2 is 1.64 bits per heavy atom. The van der Waals surface area contributed by atoms with E-state index in [1.54, 1.807) is 28.4 Å². The molecule has 1 atom stereocenters. The van der Waals surface area contributed by atoms with Crippen molar-refractivity contribution in [1.82, 2.24) is 5.32 Å². The summed E-state index contributed by atoms with van der Waals surface area (Å²) < 4.78 is 21.9. The van der Waals surface area contributed by atoms with E-state index in [2.05, 4.69) is 23.5 Å². The highest BCUT2D eigenvalue weighted by molar-refractivity contribution is 5.51. The third-order valence-electron chi connectivity index (χ3n) is 4.71. The molecule has 2 aromatic carbocycles. The molecule has 5 nitrogen and oxygen atoms in total. The summed E-state index contributed by atoms with van der Waals surface area (Å²) in [6, 6.07) is 10.3. The first-order chi connectivity index (χ1) is 12.2. The SMILES string of the molecule is COc1cc2c(cc1OC)[C@H](Cc1cccc(OC)c1OC)NCC2. The molecule has 0 amide bonds. The Labute approximate surface area is 148 Å². The van der Waals surface area contributed by atoms with Crippen LogP contribution >= 0.6 is 0 Å². The Hall–Kier alpha value is -2.40. The summed E-state index contributed by atoms with van der Waals surface area (Å²) in [4.78, 5) is 0. The maximum Gasteiger partial charge on any atom is 0.163 e. The maximum absolute atomic E-state index is 5.58. The molecule has 3 rings (SSSR count).